The van der Waals surface area contributed by atoms with Gasteiger partial charge >= 0.3 is 0 Å². The molecule has 0 saturated carbocycles. The van der Waals surface area contributed by atoms with Gasteiger partial charge in [0, 0.05) is 46.9 Å². The van der Waals surface area contributed by atoms with Gasteiger partial charge in [0.1, 0.15) is 11.8 Å². The molecule has 0 radical (unpaired) electrons. The number of likely N-dealkylation sites (tertiary alicyclic amines) is 2. The predicted octanol–water partition coefficient (Wildman–Crippen LogP) is 7.82. The van der Waals surface area contributed by atoms with E-state index in [1.54, 1.807) is 0 Å². The maximum absolute atomic E-state index is 14.3. The van der Waals surface area contributed by atoms with Crippen molar-refractivity contribution in [2.24, 2.45) is 22.7 Å². The summed E-state index contributed by atoms with van der Waals surface area (Å²) in [4.78, 5) is 31.6. The zero-order valence-corrected chi connectivity index (χ0v) is 31.6. The second kappa shape index (κ2) is 15.2. The molecule has 2 aliphatic heterocycles. The molecule has 0 aromatic heterocycles. The molecule has 0 bridgehead atoms. The van der Waals surface area contributed by atoms with Crippen LogP contribution in [0.25, 0.3) is 0 Å². The number of unbranched alkanes of at least 4 members (excludes halogenated alkanes) is 3. The summed E-state index contributed by atoms with van der Waals surface area (Å²) in [7, 11) is 0. The Kier molecular flexibility index (Phi) is 10.8. The van der Waals surface area contributed by atoms with E-state index in [2.05, 4.69) is 12.1 Å². The van der Waals surface area contributed by atoms with E-state index in [9.17, 15) is 30.3 Å². The average molecular weight is 723 g/mol. The Hall–Kier alpha value is -5.28. The molecule has 4 aromatic carbocycles. The average Bonchev–Trinajstić information content (AvgIpc) is 3.19. The first kappa shape index (κ1) is 38.4. The van der Waals surface area contributed by atoms with Crippen LogP contribution in [-0.4, -0.2) is 44.9 Å². The zero-order chi connectivity index (χ0) is 38.7. The maximum atomic E-state index is 14.3. The van der Waals surface area contributed by atoms with Gasteiger partial charge in [0.15, 0.2) is 11.4 Å². The third-order valence-electron chi connectivity index (χ3n) is 12.3. The van der Waals surface area contributed by atoms with Crippen molar-refractivity contribution in [2.45, 2.75) is 76.7 Å². The van der Waals surface area contributed by atoms with Gasteiger partial charge in [-0.3, -0.25) is 9.59 Å². The molecule has 2 fully saturated rings. The molecule has 2 saturated heterocycles. The summed E-state index contributed by atoms with van der Waals surface area (Å²) in [5.74, 6) is -3.87. The number of amides is 2. The van der Waals surface area contributed by atoms with E-state index in [4.69, 9.17) is 0 Å². The molecule has 2 heterocycles. The van der Waals surface area contributed by atoms with Crippen LogP contribution in [0.4, 0.5) is 0 Å². The van der Waals surface area contributed by atoms with Crippen molar-refractivity contribution in [3.8, 4) is 12.1 Å². The van der Waals surface area contributed by atoms with Crippen LogP contribution in [0.5, 0.6) is 0 Å². The zero-order valence-electron chi connectivity index (χ0n) is 31.6. The Balaban J connectivity index is 1.22. The number of benzene rings is 4. The first-order chi connectivity index (χ1) is 25.9. The van der Waals surface area contributed by atoms with E-state index in [0.29, 0.717) is 36.8 Å². The summed E-state index contributed by atoms with van der Waals surface area (Å²) >= 11 is 0. The predicted molar refractivity (Wildman–Crippen MR) is 207 cm³/mol. The molecule has 0 aliphatic carbocycles. The van der Waals surface area contributed by atoms with Gasteiger partial charge in [0.05, 0.1) is 12.1 Å². The number of rotatable bonds is 11. The Morgan fingerprint density at radius 3 is 1.11 bits per heavy atom. The smallest absolute Gasteiger partial charge is 0.243 e. The van der Waals surface area contributed by atoms with Crippen LogP contribution in [0, 0.1) is 45.3 Å². The highest BCUT2D eigenvalue weighted by molar-refractivity contribution is 5.85. The van der Waals surface area contributed by atoms with Gasteiger partial charge < -0.3 is 20.0 Å². The summed E-state index contributed by atoms with van der Waals surface area (Å²) in [6.07, 6.45) is 2.42. The highest BCUT2D eigenvalue weighted by Gasteiger charge is 2.64. The van der Waals surface area contributed by atoms with E-state index in [1.165, 1.54) is 9.80 Å². The first-order valence-electron chi connectivity index (χ1n) is 18.9. The van der Waals surface area contributed by atoms with Crippen molar-refractivity contribution < 1.29 is 19.8 Å². The molecule has 2 N–H and O–H groups in total. The van der Waals surface area contributed by atoms with Crippen LogP contribution < -0.4 is 0 Å². The molecule has 6 unspecified atom stereocenters. The van der Waals surface area contributed by atoms with Crippen LogP contribution in [0.3, 0.4) is 0 Å². The second-order valence-electron chi connectivity index (χ2n) is 15.9. The van der Waals surface area contributed by atoms with Crippen molar-refractivity contribution >= 4 is 11.8 Å². The molecule has 2 amide bonds. The van der Waals surface area contributed by atoms with Gasteiger partial charge in [-0.15, -0.1) is 0 Å². The van der Waals surface area contributed by atoms with Crippen molar-refractivity contribution in [2.75, 3.05) is 13.1 Å². The van der Waals surface area contributed by atoms with Crippen LogP contribution in [0.15, 0.2) is 121 Å². The Morgan fingerprint density at radius 1 is 0.519 bits per heavy atom. The Morgan fingerprint density at radius 2 is 0.815 bits per heavy atom. The summed E-state index contributed by atoms with van der Waals surface area (Å²) < 4.78 is 0. The SMILES string of the molecule is CC1(C)C(c2ccccc2)C(C#N)C(=O)N(CCCCCCN2C(=O)C(C#N)C(c3ccccc3)C(C)(C)C2(O)c2ccccc2)C1(O)c1ccccc1. The third kappa shape index (κ3) is 6.18. The molecule has 6 rings (SSSR count). The van der Waals surface area contributed by atoms with Crippen LogP contribution in [0.1, 0.15) is 87.5 Å². The lowest BCUT2D eigenvalue weighted by molar-refractivity contribution is -0.230. The van der Waals surface area contributed by atoms with Gasteiger partial charge in [-0.25, -0.2) is 0 Å². The van der Waals surface area contributed by atoms with Crippen molar-refractivity contribution in [1.29, 1.82) is 10.5 Å². The number of carbonyl (C=O) groups is 2. The molecular weight excluding hydrogens is 673 g/mol. The number of nitriles is 2. The summed E-state index contributed by atoms with van der Waals surface area (Å²) in [5, 5.41) is 46.4. The van der Waals surface area contributed by atoms with Gasteiger partial charge in [0.25, 0.3) is 0 Å². The highest BCUT2D eigenvalue weighted by atomic mass is 16.3. The highest BCUT2D eigenvalue weighted by Crippen LogP contribution is 2.59. The number of carbonyl (C=O) groups excluding carboxylic acids is 2. The fourth-order valence-electron chi connectivity index (χ4n) is 9.54. The lowest BCUT2D eigenvalue weighted by Gasteiger charge is -2.58. The van der Waals surface area contributed by atoms with Gasteiger partial charge in [-0.1, -0.05) is 162 Å². The first-order valence-corrected chi connectivity index (χ1v) is 18.9. The van der Waals surface area contributed by atoms with Crippen LogP contribution >= 0.6 is 0 Å². The summed E-state index contributed by atoms with van der Waals surface area (Å²) in [5.41, 5.74) is -2.44. The van der Waals surface area contributed by atoms with Gasteiger partial charge in [-0.05, 0) is 24.0 Å². The molecule has 8 nitrogen and oxygen atoms in total. The van der Waals surface area contributed by atoms with Crippen molar-refractivity contribution in [3.63, 3.8) is 0 Å². The van der Waals surface area contributed by atoms with Crippen molar-refractivity contribution in [1.82, 2.24) is 9.80 Å². The molecule has 2 aliphatic rings. The van der Waals surface area contributed by atoms with E-state index < -0.39 is 57.8 Å². The van der Waals surface area contributed by atoms with Gasteiger partial charge in [0.2, 0.25) is 11.8 Å². The second-order valence-corrected chi connectivity index (χ2v) is 15.9. The number of hydrogen-bond donors (Lipinski definition) is 2. The number of piperidine rings is 2. The minimum Gasteiger partial charge on any atom is -0.366 e. The normalized spacial score (nSPS) is 27.6. The lowest BCUT2D eigenvalue weighted by Crippen LogP contribution is -2.66. The standard InChI is InChI=1S/C46H50N4O4/c1-43(2)39(33-21-11-7-12-22-33)37(31-47)41(51)49(45(43,53)35-25-15-9-16-26-35)29-19-5-6-20-30-50-42(52)38(32-48)40(34-23-13-8-14-24-34)44(3,4)46(50,54)36-27-17-10-18-28-36/h7-18,21-28,37-40,53-54H,5-6,19-20,29-30H2,1-4H3. The van der Waals surface area contributed by atoms with E-state index in [0.717, 1.165) is 11.1 Å². The topological polar surface area (TPSA) is 129 Å². The van der Waals surface area contributed by atoms with Crippen LogP contribution in [-0.2, 0) is 21.0 Å². The molecule has 278 valence electrons. The number of hydrogen-bond acceptors (Lipinski definition) is 6. The summed E-state index contributed by atoms with van der Waals surface area (Å²) in [6, 6.07) is 42.0. The minimum absolute atomic E-state index is 0.228. The minimum atomic E-state index is -1.70. The van der Waals surface area contributed by atoms with E-state index in [-0.39, 0.29) is 13.1 Å². The number of aliphatic hydroxyl groups is 2. The fourth-order valence-corrected chi connectivity index (χ4v) is 9.54. The molecule has 8 heteroatoms. The number of nitrogens with zero attached hydrogens (tertiary/aromatic N) is 4. The lowest BCUT2D eigenvalue weighted by atomic mass is 9.58. The van der Waals surface area contributed by atoms with E-state index in [1.807, 2.05) is 149 Å². The molecule has 4 aromatic rings. The largest absolute Gasteiger partial charge is 0.366 e. The molecule has 54 heavy (non-hydrogen) atoms. The summed E-state index contributed by atoms with van der Waals surface area (Å²) in [6.45, 7) is 8.19. The quantitative estimate of drug-likeness (QED) is 0.152. The molecule has 6 atom stereocenters. The molecular formula is C46H50N4O4. The van der Waals surface area contributed by atoms with E-state index >= 15 is 0 Å². The monoisotopic (exact) mass is 722 g/mol. The fraction of sp³-hybridized carbons (Fsp3) is 0.391. The maximum Gasteiger partial charge on any atom is 0.243 e. The third-order valence-corrected chi connectivity index (χ3v) is 12.3. The Bertz CT molecular complexity index is 1860. The van der Waals surface area contributed by atoms with Crippen LogP contribution in [0.2, 0.25) is 0 Å². The molecule has 0 spiro atoms. The Labute approximate surface area is 319 Å². The van der Waals surface area contributed by atoms with Crippen molar-refractivity contribution in [3.05, 3.63) is 144 Å². The van der Waals surface area contributed by atoms with Gasteiger partial charge in [-0.2, -0.15) is 10.5 Å².